The smallest absolute Gasteiger partial charge is 0.336 e. The van der Waals surface area contributed by atoms with Crippen LogP contribution in [0.4, 0.5) is 5.13 Å². The molecule has 1 amide bonds. The van der Waals surface area contributed by atoms with Gasteiger partial charge in [-0.15, -0.1) is 0 Å². The number of nitrogens with zero attached hydrogens (tertiary/aromatic N) is 1. The highest BCUT2D eigenvalue weighted by atomic mass is 32.1. The topological polar surface area (TPSA) is 88.5 Å². The highest BCUT2D eigenvalue weighted by Gasteiger charge is 2.18. The molecule has 2 N–H and O–H groups in total. The third-order valence-corrected chi connectivity index (χ3v) is 5.44. The summed E-state index contributed by atoms with van der Waals surface area (Å²) < 4.78 is 6.42. The molecule has 0 atom stereocenters. The molecule has 0 aliphatic carbocycles. The minimum atomic E-state index is -1.04. The van der Waals surface area contributed by atoms with Gasteiger partial charge in [0.1, 0.15) is 5.75 Å². The van der Waals surface area contributed by atoms with E-state index in [1.165, 1.54) is 17.4 Å². The van der Waals surface area contributed by atoms with Crippen molar-refractivity contribution in [2.75, 3.05) is 11.9 Å². The quantitative estimate of drug-likeness (QED) is 0.443. The zero-order chi connectivity index (χ0) is 21.1. The minimum Gasteiger partial charge on any atom is -0.494 e. The predicted octanol–water partition coefficient (Wildman–Crippen LogP) is 5.31. The van der Waals surface area contributed by atoms with Crippen LogP contribution in [-0.4, -0.2) is 28.6 Å². The summed E-state index contributed by atoms with van der Waals surface area (Å²) >= 11 is 1.35. The number of aromatic carboxylic acids is 1. The molecule has 4 rings (SSSR count). The van der Waals surface area contributed by atoms with Crippen LogP contribution in [0.15, 0.2) is 66.7 Å². The molecule has 1 aromatic heterocycles. The zero-order valence-electron chi connectivity index (χ0n) is 16.1. The van der Waals surface area contributed by atoms with Gasteiger partial charge in [-0.2, -0.15) is 0 Å². The Bertz CT molecular complexity index is 1250. The number of anilines is 1. The normalized spacial score (nSPS) is 10.7. The number of nitrogens with one attached hydrogen (secondary N) is 1. The van der Waals surface area contributed by atoms with Crippen molar-refractivity contribution in [3.63, 3.8) is 0 Å². The van der Waals surface area contributed by atoms with Crippen molar-refractivity contribution in [2.24, 2.45) is 0 Å². The molecule has 1 heterocycles. The monoisotopic (exact) mass is 418 g/mol. The van der Waals surface area contributed by atoms with E-state index in [1.807, 2.05) is 25.1 Å². The van der Waals surface area contributed by atoms with Gasteiger partial charge < -0.3 is 9.84 Å². The maximum absolute atomic E-state index is 13.0. The van der Waals surface area contributed by atoms with Crippen LogP contribution in [-0.2, 0) is 0 Å². The number of carbonyl (C=O) groups is 2. The predicted molar refractivity (Wildman–Crippen MR) is 118 cm³/mol. The van der Waals surface area contributed by atoms with E-state index in [-0.39, 0.29) is 11.5 Å². The molecule has 0 fully saturated rings. The fourth-order valence-electron chi connectivity index (χ4n) is 3.20. The summed E-state index contributed by atoms with van der Waals surface area (Å²) in [5.41, 5.74) is 2.32. The number of rotatable bonds is 6. The summed E-state index contributed by atoms with van der Waals surface area (Å²) in [6, 6.07) is 19.1. The first-order chi connectivity index (χ1) is 14.6. The maximum atomic E-state index is 13.0. The first-order valence-corrected chi connectivity index (χ1v) is 10.1. The summed E-state index contributed by atoms with van der Waals surface area (Å²) in [6.07, 6.45) is 0. The summed E-state index contributed by atoms with van der Waals surface area (Å²) in [5.74, 6) is -0.644. The standard InChI is InChI=1S/C23H18N2O4S/c1-2-29-14-11-12-19-20(13-14)30-23(24-19)25-21(26)17-9-5-3-7-15(17)16-8-4-6-10-18(16)22(27)28/h3-13H,2H2,1H3,(H,27,28)(H,24,25,26). The maximum Gasteiger partial charge on any atom is 0.336 e. The molecular weight excluding hydrogens is 400 g/mol. The van der Waals surface area contributed by atoms with Crippen LogP contribution in [0.5, 0.6) is 5.75 Å². The number of amides is 1. The fourth-order valence-corrected chi connectivity index (χ4v) is 4.09. The average molecular weight is 418 g/mol. The van der Waals surface area contributed by atoms with Gasteiger partial charge in [-0.3, -0.25) is 10.1 Å². The highest BCUT2D eigenvalue weighted by molar-refractivity contribution is 7.22. The molecule has 0 aliphatic heterocycles. The third kappa shape index (κ3) is 3.88. The van der Waals surface area contributed by atoms with E-state index in [0.29, 0.717) is 28.4 Å². The number of hydrogen-bond donors (Lipinski definition) is 2. The molecule has 0 bridgehead atoms. The first kappa shape index (κ1) is 19.6. The number of fused-ring (bicyclic) bond motifs is 1. The Labute approximate surface area is 176 Å². The number of carboxylic acids is 1. The molecule has 4 aromatic rings. The van der Waals surface area contributed by atoms with Gasteiger partial charge >= 0.3 is 5.97 Å². The summed E-state index contributed by atoms with van der Waals surface area (Å²) in [7, 11) is 0. The second kappa shape index (κ2) is 8.34. The Morgan fingerprint density at radius 1 is 1.00 bits per heavy atom. The number of hydrogen-bond acceptors (Lipinski definition) is 5. The van der Waals surface area contributed by atoms with Crippen molar-refractivity contribution in [3.05, 3.63) is 77.9 Å². The second-order valence-electron chi connectivity index (χ2n) is 6.43. The van der Waals surface area contributed by atoms with Crippen LogP contribution < -0.4 is 10.1 Å². The van der Waals surface area contributed by atoms with Crippen molar-refractivity contribution >= 4 is 38.6 Å². The van der Waals surface area contributed by atoms with E-state index >= 15 is 0 Å². The highest BCUT2D eigenvalue weighted by Crippen LogP contribution is 2.31. The van der Waals surface area contributed by atoms with Crippen LogP contribution in [0.25, 0.3) is 21.3 Å². The van der Waals surface area contributed by atoms with Crippen molar-refractivity contribution in [2.45, 2.75) is 6.92 Å². The Balaban J connectivity index is 1.67. The second-order valence-corrected chi connectivity index (χ2v) is 7.46. The zero-order valence-corrected chi connectivity index (χ0v) is 16.9. The van der Waals surface area contributed by atoms with Crippen LogP contribution in [0.2, 0.25) is 0 Å². The number of ether oxygens (including phenoxy) is 1. The van der Waals surface area contributed by atoms with Gasteiger partial charge in [-0.05, 0) is 48.4 Å². The van der Waals surface area contributed by atoms with Crippen LogP contribution in [0, 0.1) is 0 Å². The van der Waals surface area contributed by atoms with Gasteiger partial charge in [0.15, 0.2) is 5.13 Å². The van der Waals surface area contributed by atoms with Crippen molar-refractivity contribution in [3.8, 4) is 16.9 Å². The number of carbonyl (C=O) groups excluding carboxylic acids is 1. The summed E-state index contributed by atoms with van der Waals surface area (Å²) in [4.78, 5) is 29.1. The molecule has 30 heavy (non-hydrogen) atoms. The van der Waals surface area contributed by atoms with E-state index in [0.717, 1.165) is 16.0 Å². The third-order valence-electron chi connectivity index (χ3n) is 4.51. The Kier molecular flexibility index (Phi) is 5.45. The van der Waals surface area contributed by atoms with Gasteiger partial charge in [0.2, 0.25) is 0 Å². The van der Waals surface area contributed by atoms with Crippen molar-refractivity contribution in [1.82, 2.24) is 4.98 Å². The lowest BCUT2D eigenvalue weighted by Crippen LogP contribution is -2.13. The first-order valence-electron chi connectivity index (χ1n) is 9.33. The molecule has 0 unspecified atom stereocenters. The van der Waals surface area contributed by atoms with Gasteiger partial charge in [0, 0.05) is 5.56 Å². The fraction of sp³-hybridized carbons (Fsp3) is 0.0870. The van der Waals surface area contributed by atoms with Gasteiger partial charge in [-0.1, -0.05) is 47.7 Å². The molecule has 0 spiro atoms. The van der Waals surface area contributed by atoms with Crippen molar-refractivity contribution < 1.29 is 19.4 Å². The van der Waals surface area contributed by atoms with E-state index in [2.05, 4.69) is 10.3 Å². The molecule has 0 saturated carbocycles. The van der Waals surface area contributed by atoms with Crippen LogP contribution in [0.3, 0.4) is 0 Å². The summed E-state index contributed by atoms with van der Waals surface area (Å²) in [6.45, 7) is 2.49. The molecule has 7 heteroatoms. The largest absolute Gasteiger partial charge is 0.494 e. The van der Waals surface area contributed by atoms with E-state index in [9.17, 15) is 14.7 Å². The number of thiazole rings is 1. The van der Waals surface area contributed by atoms with Gasteiger partial charge in [0.25, 0.3) is 5.91 Å². The van der Waals surface area contributed by atoms with Crippen LogP contribution in [0.1, 0.15) is 27.6 Å². The number of benzene rings is 3. The lowest BCUT2D eigenvalue weighted by molar-refractivity contribution is 0.0697. The molecular formula is C23H18N2O4S. The number of carboxylic acid groups (broad SMARTS) is 1. The molecule has 0 aliphatic rings. The number of aromatic nitrogens is 1. The van der Waals surface area contributed by atoms with Crippen LogP contribution >= 0.6 is 11.3 Å². The van der Waals surface area contributed by atoms with E-state index in [4.69, 9.17) is 4.74 Å². The molecule has 0 saturated heterocycles. The van der Waals surface area contributed by atoms with Gasteiger partial charge in [0.05, 0.1) is 22.4 Å². The lowest BCUT2D eigenvalue weighted by atomic mass is 9.95. The van der Waals surface area contributed by atoms with Crippen molar-refractivity contribution in [1.29, 1.82) is 0 Å². The Morgan fingerprint density at radius 3 is 2.37 bits per heavy atom. The molecule has 3 aromatic carbocycles. The Hall–Kier alpha value is -3.71. The summed E-state index contributed by atoms with van der Waals surface area (Å²) in [5, 5.41) is 12.8. The lowest BCUT2D eigenvalue weighted by Gasteiger charge is -2.11. The average Bonchev–Trinajstić information content (AvgIpc) is 3.15. The molecule has 6 nitrogen and oxygen atoms in total. The van der Waals surface area contributed by atoms with E-state index < -0.39 is 5.97 Å². The SMILES string of the molecule is CCOc1ccc2nc(NC(=O)c3ccccc3-c3ccccc3C(=O)O)sc2c1. The molecule has 0 radical (unpaired) electrons. The molecule has 150 valence electrons. The Morgan fingerprint density at radius 2 is 1.67 bits per heavy atom. The van der Waals surface area contributed by atoms with Gasteiger partial charge in [-0.25, -0.2) is 9.78 Å². The minimum absolute atomic E-state index is 0.140. The van der Waals surface area contributed by atoms with E-state index in [1.54, 1.807) is 42.5 Å².